The lowest BCUT2D eigenvalue weighted by Gasteiger charge is -2.08. The molecule has 0 saturated heterocycles. The van der Waals surface area contributed by atoms with Crippen molar-refractivity contribution in [3.63, 3.8) is 0 Å². The van der Waals surface area contributed by atoms with Crippen molar-refractivity contribution in [2.45, 2.75) is 39.3 Å². The molecule has 0 bridgehead atoms. The molecule has 2 aromatic rings. The van der Waals surface area contributed by atoms with Gasteiger partial charge in [0.05, 0.1) is 24.3 Å². The Kier molecular flexibility index (Phi) is 4.52. The fraction of sp³-hybridized carbons (Fsp3) is 0.429. The molecule has 19 heavy (non-hydrogen) atoms. The molecule has 5 nitrogen and oxygen atoms in total. The van der Waals surface area contributed by atoms with Crippen LogP contribution >= 0.6 is 0 Å². The number of aryl methyl sites for hydroxylation is 1. The summed E-state index contributed by atoms with van der Waals surface area (Å²) in [6.07, 6.45) is 7.21. The van der Waals surface area contributed by atoms with E-state index in [4.69, 9.17) is 10.5 Å². The van der Waals surface area contributed by atoms with E-state index in [-0.39, 0.29) is 6.04 Å². The largest absolute Gasteiger partial charge is 0.452 e. The van der Waals surface area contributed by atoms with Crippen molar-refractivity contribution in [1.29, 1.82) is 0 Å². The summed E-state index contributed by atoms with van der Waals surface area (Å²) in [5, 5.41) is 4.21. The van der Waals surface area contributed by atoms with E-state index in [2.05, 4.69) is 17.0 Å². The molecule has 0 aromatic carbocycles. The highest BCUT2D eigenvalue weighted by atomic mass is 16.5. The lowest BCUT2D eigenvalue weighted by atomic mass is 10.1. The van der Waals surface area contributed by atoms with Crippen LogP contribution in [0.2, 0.25) is 0 Å². The smallest absolute Gasteiger partial charge is 0.165 e. The lowest BCUT2D eigenvalue weighted by molar-refractivity contribution is 0.477. The van der Waals surface area contributed by atoms with E-state index < -0.39 is 0 Å². The van der Waals surface area contributed by atoms with E-state index in [1.54, 1.807) is 12.4 Å². The molecule has 5 heteroatoms. The van der Waals surface area contributed by atoms with Crippen LogP contribution in [0.5, 0.6) is 11.5 Å². The van der Waals surface area contributed by atoms with Crippen molar-refractivity contribution in [2.75, 3.05) is 0 Å². The van der Waals surface area contributed by atoms with E-state index in [9.17, 15) is 0 Å². The first-order valence-electron chi connectivity index (χ1n) is 6.64. The second-order valence-electron chi connectivity index (χ2n) is 4.47. The van der Waals surface area contributed by atoms with Crippen molar-refractivity contribution in [3.05, 3.63) is 36.4 Å². The van der Waals surface area contributed by atoms with Gasteiger partial charge in [0.2, 0.25) is 0 Å². The molecule has 0 spiro atoms. The molecular formula is C14H20N4O. The minimum atomic E-state index is -0.0126. The summed E-state index contributed by atoms with van der Waals surface area (Å²) in [7, 11) is 0. The summed E-state index contributed by atoms with van der Waals surface area (Å²) in [4.78, 5) is 4.31. The van der Waals surface area contributed by atoms with Crippen LogP contribution in [0.25, 0.3) is 0 Å². The number of rotatable bonds is 6. The Hall–Kier alpha value is -1.88. The highest BCUT2D eigenvalue weighted by Gasteiger charge is 2.06. The third-order valence-electron chi connectivity index (χ3n) is 2.88. The van der Waals surface area contributed by atoms with Gasteiger partial charge in [-0.25, -0.2) is 0 Å². The number of aromatic nitrogens is 3. The van der Waals surface area contributed by atoms with Crippen LogP contribution in [0.3, 0.4) is 0 Å². The SMILES string of the molecule is CCCn1cc(Oc2ccc([C@H](N)CC)nc2)cn1. The van der Waals surface area contributed by atoms with Crippen molar-refractivity contribution in [2.24, 2.45) is 5.73 Å². The van der Waals surface area contributed by atoms with Crippen LogP contribution in [0.4, 0.5) is 0 Å². The van der Waals surface area contributed by atoms with Crippen molar-refractivity contribution in [3.8, 4) is 11.5 Å². The maximum Gasteiger partial charge on any atom is 0.165 e. The van der Waals surface area contributed by atoms with Gasteiger partial charge in [0.1, 0.15) is 5.75 Å². The van der Waals surface area contributed by atoms with Gasteiger partial charge in [0.25, 0.3) is 0 Å². The Labute approximate surface area is 113 Å². The van der Waals surface area contributed by atoms with Crippen LogP contribution in [-0.2, 0) is 6.54 Å². The number of nitrogens with zero attached hydrogens (tertiary/aromatic N) is 3. The van der Waals surface area contributed by atoms with Crippen LogP contribution in [0.15, 0.2) is 30.7 Å². The number of ether oxygens (including phenoxy) is 1. The molecule has 0 unspecified atom stereocenters. The number of hydrogen-bond acceptors (Lipinski definition) is 4. The summed E-state index contributed by atoms with van der Waals surface area (Å²) in [6.45, 7) is 5.05. The highest BCUT2D eigenvalue weighted by molar-refractivity contribution is 5.27. The lowest BCUT2D eigenvalue weighted by Crippen LogP contribution is -2.10. The second kappa shape index (κ2) is 6.33. The first kappa shape index (κ1) is 13.5. The molecule has 2 rings (SSSR count). The molecule has 2 N–H and O–H groups in total. The second-order valence-corrected chi connectivity index (χ2v) is 4.47. The zero-order valence-electron chi connectivity index (χ0n) is 11.4. The molecule has 0 aliphatic carbocycles. The Morgan fingerprint density at radius 1 is 1.26 bits per heavy atom. The molecule has 0 radical (unpaired) electrons. The molecule has 2 aromatic heterocycles. The summed E-state index contributed by atoms with van der Waals surface area (Å²) >= 11 is 0. The predicted octanol–water partition coefficient (Wildman–Crippen LogP) is 2.89. The van der Waals surface area contributed by atoms with Gasteiger partial charge < -0.3 is 10.5 Å². The summed E-state index contributed by atoms with van der Waals surface area (Å²) in [5.74, 6) is 1.42. The maximum atomic E-state index is 5.92. The van der Waals surface area contributed by atoms with E-state index in [1.807, 2.05) is 29.9 Å². The Morgan fingerprint density at radius 2 is 2.11 bits per heavy atom. The van der Waals surface area contributed by atoms with Crippen molar-refractivity contribution < 1.29 is 4.74 Å². The topological polar surface area (TPSA) is 66.0 Å². The molecule has 1 atom stereocenters. The third-order valence-corrected chi connectivity index (χ3v) is 2.88. The average molecular weight is 260 g/mol. The highest BCUT2D eigenvalue weighted by Crippen LogP contribution is 2.21. The summed E-state index contributed by atoms with van der Waals surface area (Å²) < 4.78 is 7.55. The number of hydrogen-bond donors (Lipinski definition) is 1. The van der Waals surface area contributed by atoms with Gasteiger partial charge in [0.15, 0.2) is 5.75 Å². The Balaban J connectivity index is 2.02. The Morgan fingerprint density at radius 3 is 2.74 bits per heavy atom. The van der Waals surface area contributed by atoms with Gasteiger partial charge in [-0.15, -0.1) is 0 Å². The molecule has 0 fully saturated rings. The molecule has 2 heterocycles. The molecule has 0 aliphatic heterocycles. The van der Waals surface area contributed by atoms with Gasteiger partial charge in [-0.2, -0.15) is 5.10 Å². The fourth-order valence-electron chi connectivity index (χ4n) is 1.77. The van der Waals surface area contributed by atoms with Gasteiger partial charge in [-0.1, -0.05) is 13.8 Å². The average Bonchev–Trinajstić information content (AvgIpc) is 2.86. The minimum absolute atomic E-state index is 0.0126. The third kappa shape index (κ3) is 3.54. The first-order valence-corrected chi connectivity index (χ1v) is 6.64. The molecule has 0 saturated carbocycles. The van der Waals surface area contributed by atoms with Crippen LogP contribution in [0.1, 0.15) is 38.4 Å². The van der Waals surface area contributed by atoms with Gasteiger partial charge >= 0.3 is 0 Å². The fourth-order valence-corrected chi connectivity index (χ4v) is 1.77. The molecule has 0 amide bonds. The van der Waals surface area contributed by atoms with E-state index >= 15 is 0 Å². The van der Waals surface area contributed by atoms with E-state index in [0.29, 0.717) is 5.75 Å². The number of nitrogens with two attached hydrogens (primary N) is 1. The molecule has 102 valence electrons. The minimum Gasteiger partial charge on any atom is -0.452 e. The summed E-state index contributed by atoms with van der Waals surface area (Å²) in [6, 6.07) is 3.77. The molecule has 0 aliphatic rings. The summed E-state index contributed by atoms with van der Waals surface area (Å²) in [5.41, 5.74) is 6.80. The van der Waals surface area contributed by atoms with E-state index in [0.717, 1.165) is 30.8 Å². The predicted molar refractivity (Wildman–Crippen MR) is 74.0 cm³/mol. The monoisotopic (exact) mass is 260 g/mol. The van der Waals surface area contributed by atoms with E-state index in [1.165, 1.54) is 0 Å². The normalized spacial score (nSPS) is 12.4. The van der Waals surface area contributed by atoms with Crippen molar-refractivity contribution in [1.82, 2.24) is 14.8 Å². The van der Waals surface area contributed by atoms with Crippen molar-refractivity contribution >= 4 is 0 Å². The zero-order chi connectivity index (χ0) is 13.7. The quantitative estimate of drug-likeness (QED) is 0.867. The maximum absolute atomic E-state index is 5.92. The first-order chi connectivity index (χ1) is 9.22. The van der Waals surface area contributed by atoms with Gasteiger partial charge in [-0.05, 0) is 25.0 Å². The van der Waals surface area contributed by atoms with Gasteiger partial charge in [0, 0.05) is 12.6 Å². The standard InChI is InChI=1S/C14H20N4O/c1-3-7-18-10-12(9-17-18)19-11-5-6-14(16-8-11)13(15)4-2/h5-6,8-10,13H,3-4,7,15H2,1-2H3/t13-/m1/s1. The van der Waals surface area contributed by atoms with Crippen LogP contribution < -0.4 is 10.5 Å². The van der Waals surface area contributed by atoms with Crippen LogP contribution in [0, 0.1) is 0 Å². The zero-order valence-corrected chi connectivity index (χ0v) is 11.4. The number of pyridine rings is 1. The Bertz CT molecular complexity index is 506. The van der Waals surface area contributed by atoms with Crippen LogP contribution in [-0.4, -0.2) is 14.8 Å². The van der Waals surface area contributed by atoms with Gasteiger partial charge in [-0.3, -0.25) is 9.67 Å². The molecular weight excluding hydrogens is 240 g/mol.